The molecule has 1 heterocycles. The van der Waals surface area contributed by atoms with Gasteiger partial charge in [-0.3, -0.25) is 9.78 Å². The number of Topliss-reactive ketones (excluding diaryl/α,β-unsaturated/α-hetero) is 1. The molecule has 4 nitrogen and oxygen atoms in total. The molecule has 0 fully saturated rings. The molecule has 0 unspecified atom stereocenters. The van der Waals surface area contributed by atoms with Crippen LogP contribution in [0.15, 0.2) is 30.5 Å². The standard InChI is InChI=1S/C13H14N2O2/c1-9(2)17-8-13(16)12-7-14-10-5-3-4-6-11(10)15-12/h3-7,9H,8H2,1-2H3. The minimum absolute atomic E-state index is 0.0346. The Bertz CT molecular complexity index is 538. The molecular weight excluding hydrogens is 216 g/mol. The van der Waals surface area contributed by atoms with Gasteiger partial charge in [0.25, 0.3) is 0 Å². The minimum Gasteiger partial charge on any atom is -0.371 e. The van der Waals surface area contributed by atoms with E-state index in [1.165, 1.54) is 6.20 Å². The number of ketones is 1. The quantitative estimate of drug-likeness (QED) is 0.756. The SMILES string of the molecule is CC(C)OCC(=O)c1cnc2ccccc2n1. The summed E-state index contributed by atoms with van der Waals surface area (Å²) in [5.41, 5.74) is 1.86. The summed E-state index contributed by atoms with van der Waals surface area (Å²) < 4.78 is 5.25. The van der Waals surface area contributed by atoms with Crippen molar-refractivity contribution in [2.45, 2.75) is 20.0 Å². The van der Waals surface area contributed by atoms with E-state index in [1.54, 1.807) is 0 Å². The van der Waals surface area contributed by atoms with Crippen molar-refractivity contribution < 1.29 is 9.53 Å². The molecule has 0 spiro atoms. The van der Waals surface area contributed by atoms with Gasteiger partial charge >= 0.3 is 0 Å². The first-order valence-electron chi connectivity index (χ1n) is 5.53. The number of carbonyl (C=O) groups is 1. The maximum Gasteiger partial charge on any atom is 0.208 e. The normalized spacial score (nSPS) is 11.0. The number of carbonyl (C=O) groups excluding carboxylic acids is 1. The molecule has 1 aromatic carbocycles. The molecule has 88 valence electrons. The Balaban J connectivity index is 2.21. The molecule has 17 heavy (non-hydrogen) atoms. The number of aromatic nitrogens is 2. The molecule has 0 N–H and O–H groups in total. The third-order valence-electron chi connectivity index (χ3n) is 2.28. The van der Waals surface area contributed by atoms with Gasteiger partial charge in [0.05, 0.1) is 23.3 Å². The maximum atomic E-state index is 11.8. The predicted molar refractivity (Wildman–Crippen MR) is 65.0 cm³/mol. The van der Waals surface area contributed by atoms with Crippen molar-refractivity contribution >= 4 is 16.8 Å². The molecule has 4 heteroatoms. The van der Waals surface area contributed by atoms with Gasteiger partial charge in [-0.2, -0.15) is 0 Å². The molecule has 2 aromatic rings. The van der Waals surface area contributed by atoms with Crippen LogP contribution < -0.4 is 0 Å². The Morgan fingerprint density at radius 3 is 2.71 bits per heavy atom. The number of fused-ring (bicyclic) bond motifs is 1. The molecule has 0 aliphatic carbocycles. The second kappa shape index (κ2) is 5.01. The smallest absolute Gasteiger partial charge is 0.208 e. The van der Waals surface area contributed by atoms with Crippen molar-refractivity contribution in [3.05, 3.63) is 36.2 Å². The largest absolute Gasteiger partial charge is 0.371 e. The summed E-state index contributed by atoms with van der Waals surface area (Å²) in [7, 11) is 0. The van der Waals surface area contributed by atoms with Crippen LogP contribution >= 0.6 is 0 Å². The molecule has 0 saturated heterocycles. The van der Waals surface area contributed by atoms with Gasteiger partial charge in [0, 0.05) is 0 Å². The van der Waals surface area contributed by atoms with Gasteiger partial charge in [-0.1, -0.05) is 12.1 Å². The van der Waals surface area contributed by atoms with Crippen LogP contribution in [0.1, 0.15) is 24.3 Å². The van der Waals surface area contributed by atoms with Gasteiger partial charge in [-0.25, -0.2) is 4.98 Å². The topological polar surface area (TPSA) is 52.1 Å². The zero-order valence-corrected chi connectivity index (χ0v) is 9.88. The predicted octanol–water partition coefficient (Wildman–Crippen LogP) is 2.24. The van der Waals surface area contributed by atoms with Crippen molar-refractivity contribution in [2.75, 3.05) is 6.61 Å². The molecule has 2 rings (SSSR count). The van der Waals surface area contributed by atoms with Gasteiger partial charge in [-0.05, 0) is 26.0 Å². The molecule has 0 aliphatic heterocycles. The molecule has 0 amide bonds. The summed E-state index contributed by atoms with van der Waals surface area (Å²) in [5, 5.41) is 0. The van der Waals surface area contributed by atoms with Crippen molar-refractivity contribution in [3.63, 3.8) is 0 Å². The summed E-state index contributed by atoms with van der Waals surface area (Å²) >= 11 is 0. The second-order valence-electron chi connectivity index (χ2n) is 4.03. The first-order chi connectivity index (χ1) is 8.16. The van der Waals surface area contributed by atoms with Crippen LogP contribution in [0.5, 0.6) is 0 Å². The van der Waals surface area contributed by atoms with E-state index in [-0.39, 0.29) is 18.5 Å². The zero-order chi connectivity index (χ0) is 12.3. The van der Waals surface area contributed by atoms with Crippen molar-refractivity contribution in [3.8, 4) is 0 Å². The average Bonchev–Trinajstić information content (AvgIpc) is 2.35. The Morgan fingerprint density at radius 2 is 2.00 bits per heavy atom. The van der Waals surface area contributed by atoms with E-state index in [0.717, 1.165) is 11.0 Å². The van der Waals surface area contributed by atoms with Crippen molar-refractivity contribution in [2.24, 2.45) is 0 Å². The minimum atomic E-state index is -0.142. The highest BCUT2D eigenvalue weighted by Gasteiger charge is 2.10. The molecule has 0 aliphatic rings. The van der Waals surface area contributed by atoms with E-state index in [4.69, 9.17) is 4.74 Å². The Labute approximate surface area is 99.7 Å². The summed E-state index contributed by atoms with van der Waals surface area (Å²) in [5.74, 6) is -0.142. The van der Waals surface area contributed by atoms with Gasteiger partial charge in [-0.15, -0.1) is 0 Å². The van der Waals surface area contributed by atoms with Crippen LogP contribution in [0, 0.1) is 0 Å². The van der Waals surface area contributed by atoms with Crippen LogP contribution in [0.4, 0.5) is 0 Å². The van der Waals surface area contributed by atoms with Crippen LogP contribution in [0.25, 0.3) is 11.0 Å². The highest BCUT2D eigenvalue weighted by atomic mass is 16.5. The lowest BCUT2D eigenvalue weighted by Gasteiger charge is -2.06. The Hall–Kier alpha value is -1.81. The molecule has 0 radical (unpaired) electrons. The third-order valence-corrected chi connectivity index (χ3v) is 2.28. The van der Waals surface area contributed by atoms with Gasteiger partial charge in [0.1, 0.15) is 12.3 Å². The number of nitrogens with zero attached hydrogens (tertiary/aromatic N) is 2. The fourth-order valence-corrected chi connectivity index (χ4v) is 1.41. The molecule has 0 saturated carbocycles. The highest BCUT2D eigenvalue weighted by molar-refractivity contribution is 5.96. The average molecular weight is 230 g/mol. The van der Waals surface area contributed by atoms with Crippen LogP contribution in [-0.2, 0) is 4.74 Å². The molecule has 0 bridgehead atoms. The van der Waals surface area contributed by atoms with Crippen LogP contribution in [-0.4, -0.2) is 28.5 Å². The van der Waals surface area contributed by atoms with Gasteiger partial charge in [0.2, 0.25) is 5.78 Å². The Kier molecular flexibility index (Phi) is 3.44. The lowest BCUT2D eigenvalue weighted by molar-refractivity contribution is 0.0580. The number of benzene rings is 1. The van der Waals surface area contributed by atoms with E-state index in [0.29, 0.717) is 5.69 Å². The first-order valence-corrected chi connectivity index (χ1v) is 5.53. The monoisotopic (exact) mass is 230 g/mol. The molecular formula is C13H14N2O2. The fraction of sp³-hybridized carbons (Fsp3) is 0.308. The van der Waals surface area contributed by atoms with Crippen molar-refractivity contribution in [1.82, 2.24) is 9.97 Å². The lowest BCUT2D eigenvalue weighted by atomic mass is 10.2. The van der Waals surface area contributed by atoms with Crippen LogP contribution in [0.3, 0.4) is 0 Å². The lowest BCUT2D eigenvalue weighted by Crippen LogP contribution is -2.15. The van der Waals surface area contributed by atoms with Gasteiger partial charge in [0.15, 0.2) is 0 Å². The van der Waals surface area contributed by atoms with E-state index in [1.807, 2.05) is 38.1 Å². The zero-order valence-electron chi connectivity index (χ0n) is 9.88. The third kappa shape index (κ3) is 2.85. The Morgan fingerprint density at radius 1 is 1.29 bits per heavy atom. The molecule has 0 atom stereocenters. The summed E-state index contributed by atoms with van der Waals surface area (Å²) in [6.07, 6.45) is 1.53. The van der Waals surface area contributed by atoms with E-state index >= 15 is 0 Å². The van der Waals surface area contributed by atoms with Gasteiger partial charge < -0.3 is 4.74 Å². The maximum absolute atomic E-state index is 11.8. The summed E-state index contributed by atoms with van der Waals surface area (Å²) in [6, 6.07) is 7.46. The number of ether oxygens (including phenoxy) is 1. The van der Waals surface area contributed by atoms with E-state index < -0.39 is 0 Å². The fourth-order valence-electron chi connectivity index (χ4n) is 1.41. The van der Waals surface area contributed by atoms with Crippen LogP contribution in [0.2, 0.25) is 0 Å². The highest BCUT2D eigenvalue weighted by Crippen LogP contribution is 2.09. The van der Waals surface area contributed by atoms with Crippen molar-refractivity contribution in [1.29, 1.82) is 0 Å². The number of para-hydroxylation sites is 2. The van der Waals surface area contributed by atoms with E-state index in [2.05, 4.69) is 9.97 Å². The summed E-state index contributed by atoms with van der Waals surface area (Å²) in [6.45, 7) is 3.82. The number of hydrogen-bond donors (Lipinski definition) is 0. The first kappa shape index (κ1) is 11.7. The number of hydrogen-bond acceptors (Lipinski definition) is 4. The molecule has 1 aromatic heterocycles. The van der Waals surface area contributed by atoms with E-state index in [9.17, 15) is 4.79 Å². The second-order valence-corrected chi connectivity index (χ2v) is 4.03. The summed E-state index contributed by atoms with van der Waals surface area (Å²) in [4.78, 5) is 20.2. The number of rotatable bonds is 4.